The van der Waals surface area contributed by atoms with Crippen LogP contribution in [-0.2, 0) is 0 Å². The van der Waals surface area contributed by atoms with Crippen LogP contribution in [0.15, 0.2) is 46.2 Å². The molecule has 0 aliphatic heterocycles. The first kappa shape index (κ1) is 27.2. The monoisotopic (exact) mass is 494 g/mol. The Balaban J connectivity index is 2.30. The van der Waals surface area contributed by atoms with E-state index in [2.05, 4.69) is 27.0 Å². The molecule has 0 spiro atoms. The van der Waals surface area contributed by atoms with Crippen molar-refractivity contribution in [2.45, 2.75) is 53.8 Å². The molecule has 184 valence electrons. The van der Waals surface area contributed by atoms with Gasteiger partial charge in [-0.25, -0.2) is 15.0 Å². The van der Waals surface area contributed by atoms with E-state index in [1.807, 2.05) is 33.8 Å². The molecule has 0 unspecified atom stereocenters. The van der Waals surface area contributed by atoms with Crippen molar-refractivity contribution in [3.8, 4) is 16.3 Å². The van der Waals surface area contributed by atoms with E-state index < -0.39 is 24.0 Å². The molecule has 0 saturated heterocycles. The maximum atomic E-state index is 13.0. The Kier molecular flexibility index (Phi) is 8.77. The first-order valence-electron chi connectivity index (χ1n) is 10.5. The van der Waals surface area contributed by atoms with Gasteiger partial charge in [-0.3, -0.25) is 4.79 Å². The van der Waals surface area contributed by atoms with Gasteiger partial charge in [0, 0.05) is 34.4 Å². The maximum absolute atomic E-state index is 13.0. The molecular weight excluding hydrogens is 465 g/mol. The van der Waals surface area contributed by atoms with Crippen LogP contribution in [0, 0.1) is 12.3 Å². The number of halogens is 3. The molecule has 0 saturated carbocycles. The lowest BCUT2D eigenvalue weighted by atomic mass is 9.98. The van der Waals surface area contributed by atoms with Gasteiger partial charge < -0.3 is 10.1 Å². The summed E-state index contributed by atoms with van der Waals surface area (Å²) in [5.74, 6) is -1.22. The number of alkyl halides is 3. The van der Waals surface area contributed by atoms with Crippen LogP contribution in [0.3, 0.4) is 0 Å². The SMILES string of the molecule is C=NC(=N/C=C(\C)[C@@H](C)NC(=O)c1cc(OCC(C)(C)C)cc(-c2ncc(C)s2)c1)C(F)(F)F. The molecule has 1 aromatic carbocycles. The number of nitrogens with one attached hydrogen (secondary N) is 1. The summed E-state index contributed by atoms with van der Waals surface area (Å²) in [6, 6.07) is 4.61. The second-order valence-electron chi connectivity index (χ2n) is 9.05. The highest BCUT2D eigenvalue weighted by molar-refractivity contribution is 7.14. The maximum Gasteiger partial charge on any atom is 0.451 e. The largest absolute Gasteiger partial charge is 0.493 e. The molecule has 0 aliphatic carbocycles. The fraction of sp³-hybridized carbons (Fsp3) is 0.417. The predicted molar refractivity (Wildman–Crippen MR) is 131 cm³/mol. The second kappa shape index (κ2) is 10.9. The van der Waals surface area contributed by atoms with Crippen molar-refractivity contribution in [1.82, 2.24) is 10.3 Å². The molecule has 1 atom stereocenters. The number of carbonyl (C=O) groups excluding carboxylic acids is 1. The van der Waals surface area contributed by atoms with Gasteiger partial charge in [-0.2, -0.15) is 13.2 Å². The van der Waals surface area contributed by atoms with Crippen molar-refractivity contribution >= 4 is 29.8 Å². The number of amidine groups is 1. The Labute approximate surface area is 201 Å². The third-order valence-corrected chi connectivity index (χ3v) is 5.50. The van der Waals surface area contributed by atoms with Crippen molar-refractivity contribution in [3.05, 3.63) is 46.6 Å². The van der Waals surface area contributed by atoms with Crippen LogP contribution in [0.1, 0.15) is 49.9 Å². The van der Waals surface area contributed by atoms with Gasteiger partial charge in [0.1, 0.15) is 10.8 Å². The first-order chi connectivity index (χ1) is 15.7. The molecule has 0 radical (unpaired) electrons. The van der Waals surface area contributed by atoms with Gasteiger partial charge in [-0.05, 0) is 56.7 Å². The van der Waals surface area contributed by atoms with E-state index in [9.17, 15) is 18.0 Å². The van der Waals surface area contributed by atoms with Crippen molar-refractivity contribution in [1.29, 1.82) is 0 Å². The fourth-order valence-corrected chi connectivity index (χ4v) is 3.35. The van der Waals surface area contributed by atoms with Crippen LogP contribution in [0.2, 0.25) is 0 Å². The van der Waals surface area contributed by atoms with Crippen molar-refractivity contribution in [2.75, 3.05) is 6.61 Å². The highest BCUT2D eigenvalue weighted by Gasteiger charge is 2.35. The number of aryl methyl sites for hydroxylation is 1. The van der Waals surface area contributed by atoms with E-state index in [1.54, 1.807) is 32.2 Å². The van der Waals surface area contributed by atoms with Gasteiger partial charge in [-0.15, -0.1) is 11.3 Å². The average molecular weight is 495 g/mol. The third kappa shape index (κ3) is 8.09. The normalized spacial score (nSPS) is 14.0. The smallest absolute Gasteiger partial charge is 0.451 e. The molecule has 0 fully saturated rings. The molecular formula is C24H29F3N4O2S. The first-order valence-corrected chi connectivity index (χ1v) is 11.3. The summed E-state index contributed by atoms with van der Waals surface area (Å²) in [7, 11) is 0. The number of carbonyl (C=O) groups is 1. The number of nitrogens with zero attached hydrogens (tertiary/aromatic N) is 3. The summed E-state index contributed by atoms with van der Waals surface area (Å²) < 4.78 is 44.3. The lowest BCUT2D eigenvalue weighted by Gasteiger charge is -2.20. The van der Waals surface area contributed by atoms with Gasteiger partial charge in [-0.1, -0.05) is 20.8 Å². The minimum Gasteiger partial charge on any atom is -0.493 e. The number of rotatable bonds is 7. The summed E-state index contributed by atoms with van der Waals surface area (Å²) in [4.78, 5) is 24.7. The van der Waals surface area contributed by atoms with Crippen molar-refractivity contribution < 1.29 is 22.7 Å². The Hall–Kier alpha value is -3.01. The lowest BCUT2D eigenvalue weighted by Crippen LogP contribution is -2.33. The Morgan fingerprint density at radius 2 is 1.97 bits per heavy atom. The summed E-state index contributed by atoms with van der Waals surface area (Å²) in [6.45, 7) is 14.6. The minimum atomic E-state index is -4.71. The number of hydrogen-bond donors (Lipinski definition) is 1. The van der Waals surface area contributed by atoms with Crippen LogP contribution in [0.4, 0.5) is 13.2 Å². The second-order valence-corrected chi connectivity index (χ2v) is 10.3. The number of benzene rings is 1. The van der Waals surface area contributed by atoms with Crippen LogP contribution >= 0.6 is 11.3 Å². The molecule has 6 nitrogen and oxygen atoms in total. The van der Waals surface area contributed by atoms with E-state index in [-0.39, 0.29) is 5.41 Å². The number of aliphatic imine (C=N–C) groups is 2. The average Bonchev–Trinajstić information content (AvgIpc) is 3.17. The van der Waals surface area contributed by atoms with Gasteiger partial charge in [0.25, 0.3) is 5.91 Å². The van der Waals surface area contributed by atoms with Crippen LogP contribution in [0.25, 0.3) is 10.6 Å². The van der Waals surface area contributed by atoms with E-state index in [1.165, 1.54) is 11.3 Å². The van der Waals surface area contributed by atoms with Gasteiger partial charge in [0.2, 0.25) is 5.84 Å². The highest BCUT2D eigenvalue weighted by atomic mass is 32.1. The molecule has 2 rings (SSSR count). The zero-order valence-corrected chi connectivity index (χ0v) is 20.9. The number of hydrogen-bond acceptors (Lipinski definition) is 5. The van der Waals surface area contributed by atoms with E-state index in [0.29, 0.717) is 23.5 Å². The fourth-order valence-electron chi connectivity index (χ4n) is 2.60. The Bertz CT molecular complexity index is 1100. The number of amides is 1. The van der Waals surface area contributed by atoms with Crippen molar-refractivity contribution in [3.63, 3.8) is 0 Å². The molecule has 34 heavy (non-hydrogen) atoms. The van der Waals surface area contributed by atoms with Crippen LogP contribution in [0.5, 0.6) is 5.75 Å². The van der Waals surface area contributed by atoms with E-state index in [0.717, 1.165) is 21.6 Å². The molecule has 1 aromatic heterocycles. The molecule has 1 N–H and O–H groups in total. The van der Waals surface area contributed by atoms with Crippen LogP contribution < -0.4 is 10.1 Å². The minimum absolute atomic E-state index is 0.0807. The van der Waals surface area contributed by atoms with Gasteiger partial charge in [0.15, 0.2) is 0 Å². The number of ether oxygens (including phenoxy) is 1. The van der Waals surface area contributed by atoms with E-state index >= 15 is 0 Å². The zero-order valence-electron chi connectivity index (χ0n) is 20.1. The van der Waals surface area contributed by atoms with E-state index in [4.69, 9.17) is 4.74 Å². The zero-order chi connectivity index (χ0) is 25.7. The van der Waals surface area contributed by atoms with Crippen molar-refractivity contribution in [2.24, 2.45) is 15.4 Å². The predicted octanol–water partition coefficient (Wildman–Crippen LogP) is 6.23. The van der Waals surface area contributed by atoms with Crippen LogP contribution in [-0.4, -0.2) is 42.3 Å². The summed E-state index contributed by atoms with van der Waals surface area (Å²) in [5, 5.41) is 3.54. The number of aromatic nitrogens is 1. The topological polar surface area (TPSA) is 75.9 Å². The molecule has 1 amide bonds. The standard InChI is InChI=1S/C24H29F3N4O2S/c1-14(11-30-22(28-7)24(25,26)27)16(3)31-20(32)17-8-18(21-29-12-15(2)34-21)10-19(9-17)33-13-23(4,5)6/h8-12,16H,7,13H2,1-6H3,(H,31,32)/b14-11+,30-22?/t16-/m1/s1. The molecule has 0 bridgehead atoms. The summed E-state index contributed by atoms with van der Waals surface area (Å²) in [5.41, 5.74) is 1.42. The molecule has 0 aliphatic rings. The number of thiazole rings is 1. The highest BCUT2D eigenvalue weighted by Crippen LogP contribution is 2.30. The van der Waals surface area contributed by atoms with Gasteiger partial charge in [0.05, 0.1) is 6.61 Å². The molecule has 10 heteroatoms. The quantitative estimate of drug-likeness (QED) is 0.366. The Morgan fingerprint density at radius 1 is 1.29 bits per heavy atom. The summed E-state index contributed by atoms with van der Waals surface area (Å²) >= 11 is 1.50. The Morgan fingerprint density at radius 3 is 2.50 bits per heavy atom. The molecule has 2 aromatic rings. The van der Waals surface area contributed by atoms with Gasteiger partial charge >= 0.3 is 6.18 Å². The lowest BCUT2D eigenvalue weighted by molar-refractivity contribution is -0.0596. The molecule has 1 heterocycles. The third-order valence-electron chi connectivity index (χ3n) is 4.53. The summed E-state index contributed by atoms with van der Waals surface area (Å²) in [6.07, 6.45) is -1.93.